The van der Waals surface area contributed by atoms with Gasteiger partial charge in [-0.15, -0.1) is 5.92 Å². The zero-order valence-corrected chi connectivity index (χ0v) is 9.47. The molecule has 4 saturated carbocycles. The summed E-state index contributed by atoms with van der Waals surface area (Å²) in [5.41, 5.74) is 5.94. The number of nitrogens with two attached hydrogens (primary N) is 1. The van der Waals surface area contributed by atoms with Gasteiger partial charge < -0.3 is 5.73 Å². The summed E-state index contributed by atoms with van der Waals surface area (Å²) in [6.07, 6.45) is 9.62. The van der Waals surface area contributed by atoms with Gasteiger partial charge in [0.05, 0.1) is 0 Å². The van der Waals surface area contributed by atoms with E-state index in [1.807, 2.05) is 0 Å². The first-order chi connectivity index (χ1) is 7.30. The minimum Gasteiger partial charge on any atom is -0.330 e. The molecule has 82 valence electrons. The van der Waals surface area contributed by atoms with Crippen LogP contribution in [0.1, 0.15) is 44.9 Å². The van der Waals surface area contributed by atoms with E-state index in [1.165, 1.54) is 38.5 Å². The molecular formula is C14H21N. The Morgan fingerprint density at radius 2 is 1.53 bits per heavy atom. The third-order valence-corrected chi connectivity index (χ3v) is 4.66. The second kappa shape index (κ2) is 3.52. The molecule has 2 N–H and O–H groups in total. The van der Waals surface area contributed by atoms with Crippen LogP contribution in [-0.4, -0.2) is 6.54 Å². The second-order valence-corrected chi connectivity index (χ2v) is 6.04. The van der Waals surface area contributed by atoms with Gasteiger partial charge in [0.1, 0.15) is 0 Å². The minimum absolute atomic E-state index is 0.434. The van der Waals surface area contributed by atoms with E-state index in [4.69, 9.17) is 5.73 Å². The SMILES string of the molecule is NCCC#CC12CC3CC(CC(C3)C1)C2. The second-order valence-electron chi connectivity index (χ2n) is 6.04. The van der Waals surface area contributed by atoms with Crippen LogP contribution in [0.5, 0.6) is 0 Å². The van der Waals surface area contributed by atoms with Gasteiger partial charge in [0.2, 0.25) is 0 Å². The van der Waals surface area contributed by atoms with Crippen molar-refractivity contribution < 1.29 is 0 Å². The quantitative estimate of drug-likeness (QED) is 0.651. The van der Waals surface area contributed by atoms with E-state index in [9.17, 15) is 0 Å². The topological polar surface area (TPSA) is 26.0 Å². The molecule has 0 amide bonds. The summed E-state index contributed by atoms with van der Waals surface area (Å²) < 4.78 is 0. The Hall–Kier alpha value is -0.480. The van der Waals surface area contributed by atoms with Crippen LogP contribution >= 0.6 is 0 Å². The van der Waals surface area contributed by atoms with Crippen LogP contribution in [0.4, 0.5) is 0 Å². The lowest BCUT2D eigenvalue weighted by molar-refractivity contribution is -0.0181. The first kappa shape index (κ1) is 9.73. The Morgan fingerprint density at radius 1 is 1.00 bits per heavy atom. The highest BCUT2D eigenvalue weighted by Gasteiger charge is 2.50. The van der Waals surface area contributed by atoms with Gasteiger partial charge in [-0.1, -0.05) is 5.92 Å². The maximum atomic E-state index is 5.50. The Morgan fingerprint density at radius 3 is 2.00 bits per heavy atom. The van der Waals surface area contributed by atoms with Crippen molar-refractivity contribution >= 4 is 0 Å². The monoisotopic (exact) mass is 203 g/mol. The Labute approximate surface area is 92.8 Å². The zero-order valence-electron chi connectivity index (χ0n) is 9.47. The lowest BCUT2D eigenvalue weighted by atomic mass is 9.50. The molecule has 0 radical (unpaired) electrons. The van der Waals surface area contributed by atoms with Crippen LogP contribution in [0.25, 0.3) is 0 Å². The van der Waals surface area contributed by atoms with Crippen molar-refractivity contribution in [2.75, 3.05) is 6.54 Å². The predicted octanol–water partition coefficient (Wildman–Crippen LogP) is 2.56. The molecule has 1 heteroatoms. The van der Waals surface area contributed by atoms with Gasteiger partial charge in [0.15, 0.2) is 0 Å². The van der Waals surface area contributed by atoms with E-state index in [0.717, 1.165) is 30.7 Å². The highest BCUT2D eigenvalue weighted by Crippen LogP contribution is 2.59. The van der Waals surface area contributed by atoms with Crippen LogP contribution in [0, 0.1) is 35.0 Å². The fourth-order valence-corrected chi connectivity index (χ4v) is 4.59. The third kappa shape index (κ3) is 1.70. The standard InChI is InChI=1S/C14H21N/c15-4-2-1-3-14-8-11-5-12(9-14)7-13(6-11)10-14/h11-13H,2,4-10,15H2. The molecule has 0 heterocycles. The lowest BCUT2D eigenvalue weighted by Crippen LogP contribution is -2.45. The van der Waals surface area contributed by atoms with Crippen LogP contribution in [0.15, 0.2) is 0 Å². The van der Waals surface area contributed by atoms with E-state index in [-0.39, 0.29) is 0 Å². The Kier molecular flexibility index (Phi) is 2.29. The van der Waals surface area contributed by atoms with Gasteiger partial charge in [-0.05, 0) is 56.3 Å². The normalized spacial score (nSPS) is 46.3. The maximum Gasteiger partial charge on any atom is 0.0322 e. The molecule has 0 aromatic rings. The molecule has 1 nitrogen and oxygen atoms in total. The van der Waals surface area contributed by atoms with Gasteiger partial charge in [0.25, 0.3) is 0 Å². The van der Waals surface area contributed by atoms with Crippen LogP contribution in [-0.2, 0) is 0 Å². The van der Waals surface area contributed by atoms with Crippen LogP contribution in [0.3, 0.4) is 0 Å². The van der Waals surface area contributed by atoms with Crippen molar-refractivity contribution in [3.05, 3.63) is 0 Å². The molecule has 0 spiro atoms. The van der Waals surface area contributed by atoms with Crippen molar-refractivity contribution in [1.82, 2.24) is 0 Å². The molecule has 4 aliphatic carbocycles. The average Bonchev–Trinajstić information content (AvgIpc) is 2.15. The van der Waals surface area contributed by atoms with E-state index < -0.39 is 0 Å². The molecule has 0 aromatic carbocycles. The first-order valence-electron chi connectivity index (χ1n) is 6.50. The van der Waals surface area contributed by atoms with Gasteiger partial charge in [0, 0.05) is 18.4 Å². The molecular weight excluding hydrogens is 182 g/mol. The summed E-state index contributed by atoms with van der Waals surface area (Å²) in [6, 6.07) is 0. The van der Waals surface area contributed by atoms with Crippen molar-refractivity contribution in [1.29, 1.82) is 0 Å². The predicted molar refractivity (Wildman–Crippen MR) is 62.1 cm³/mol. The zero-order chi connectivity index (χ0) is 10.3. The van der Waals surface area contributed by atoms with Crippen molar-refractivity contribution in [2.24, 2.45) is 28.9 Å². The molecule has 4 aliphatic rings. The lowest BCUT2D eigenvalue weighted by Gasteiger charge is -2.54. The van der Waals surface area contributed by atoms with Crippen molar-refractivity contribution in [2.45, 2.75) is 44.9 Å². The summed E-state index contributed by atoms with van der Waals surface area (Å²) in [6.45, 7) is 0.722. The van der Waals surface area contributed by atoms with Crippen LogP contribution < -0.4 is 5.73 Å². The molecule has 4 fully saturated rings. The average molecular weight is 203 g/mol. The summed E-state index contributed by atoms with van der Waals surface area (Å²) in [7, 11) is 0. The molecule has 0 aromatic heterocycles. The van der Waals surface area contributed by atoms with E-state index in [0.29, 0.717) is 5.41 Å². The van der Waals surface area contributed by atoms with E-state index in [2.05, 4.69) is 11.8 Å². The Bertz CT molecular complexity index is 272. The highest BCUT2D eigenvalue weighted by atomic mass is 14.5. The number of hydrogen-bond acceptors (Lipinski definition) is 1. The third-order valence-electron chi connectivity index (χ3n) is 4.66. The van der Waals surface area contributed by atoms with Gasteiger partial charge >= 0.3 is 0 Å². The number of rotatable bonds is 1. The van der Waals surface area contributed by atoms with E-state index in [1.54, 1.807) is 0 Å². The summed E-state index contributed by atoms with van der Waals surface area (Å²) in [4.78, 5) is 0. The number of hydrogen-bond donors (Lipinski definition) is 1. The summed E-state index contributed by atoms with van der Waals surface area (Å²) >= 11 is 0. The Balaban J connectivity index is 1.79. The fourth-order valence-electron chi connectivity index (χ4n) is 4.59. The van der Waals surface area contributed by atoms with Gasteiger partial charge in [-0.2, -0.15) is 0 Å². The molecule has 15 heavy (non-hydrogen) atoms. The summed E-state index contributed by atoms with van der Waals surface area (Å²) in [5, 5.41) is 0. The first-order valence-corrected chi connectivity index (χ1v) is 6.50. The molecule has 0 aliphatic heterocycles. The van der Waals surface area contributed by atoms with Gasteiger partial charge in [-0.3, -0.25) is 0 Å². The molecule has 4 bridgehead atoms. The highest BCUT2D eigenvalue weighted by molar-refractivity contribution is 5.18. The molecule has 0 atom stereocenters. The molecule has 4 rings (SSSR count). The molecule has 0 saturated heterocycles. The van der Waals surface area contributed by atoms with Gasteiger partial charge in [-0.25, -0.2) is 0 Å². The fraction of sp³-hybridized carbons (Fsp3) is 0.857. The van der Waals surface area contributed by atoms with Crippen molar-refractivity contribution in [3.8, 4) is 11.8 Å². The van der Waals surface area contributed by atoms with E-state index >= 15 is 0 Å². The smallest absolute Gasteiger partial charge is 0.0322 e. The van der Waals surface area contributed by atoms with Crippen LogP contribution in [0.2, 0.25) is 0 Å². The minimum atomic E-state index is 0.434. The molecule has 0 unspecified atom stereocenters. The summed E-state index contributed by atoms with van der Waals surface area (Å²) in [5.74, 6) is 9.97. The maximum absolute atomic E-state index is 5.50. The largest absolute Gasteiger partial charge is 0.330 e. The van der Waals surface area contributed by atoms with Crippen molar-refractivity contribution in [3.63, 3.8) is 0 Å².